The molecule has 0 saturated heterocycles. The number of rotatable bonds is 4. The Kier molecular flexibility index (Phi) is 4.05. The summed E-state index contributed by atoms with van der Waals surface area (Å²) in [5.41, 5.74) is 11.1. The molecule has 110 valence electrons. The van der Waals surface area contributed by atoms with Crippen molar-refractivity contribution in [3.8, 4) is 16.9 Å². The maximum Gasteiger partial charge on any atom is 0.122 e. The molecule has 22 heavy (non-hydrogen) atoms. The van der Waals surface area contributed by atoms with Crippen molar-refractivity contribution in [2.45, 2.75) is 13.5 Å². The van der Waals surface area contributed by atoms with Gasteiger partial charge in [-0.25, -0.2) is 0 Å². The highest BCUT2D eigenvalue weighted by Crippen LogP contribution is 2.29. The van der Waals surface area contributed by atoms with E-state index in [4.69, 9.17) is 10.5 Å². The van der Waals surface area contributed by atoms with Crippen molar-refractivity contribution in [1.82, 2.24) is 4.98 Å². The molecule has 3 rings (SSSR count). The molecule has 3 heteroatoms. The van der Waals surface area contributed by atoms with Gasteiger partial charge >= 0.3 is 0 Å². The number of ether oxygens (including phenoxy) is 1. The summed E-state index contributed by atoms with van der Waals surface area (Å²) in [6.07, 6.45) is 3.64. The summed E-state index contributed by atoms with van der Waals surface area (Å²) in [7, 11) is 0. The number of anilines is 1. The highest BCUT2D eigenvalue weighted by atomic mass is 16.5. The molecule has 1 aromatic heterocycles. The second-order valence-corrected chi connectivity index (χ2v) is 5.26. The summed E-state index contributed by atoms with van der Waals surface area (Å²) in [4.78, 5) is 4.19. The van der Waals surface area contributed by atoms with Crippen LogP contribution in [0.3, 0.4) is 0 Å². The third-order valence-corrected chi connectivity index (χ3v) is 3.53. The number of benzene rings is 2. The number of pyridine rings is 1. The number of aryl methyl sites for hydroxylation is 1. The van der Waals surface area contributed by atoms with E-state index in [2.05, 4.69) is 11.9 Å². The van der Waals surface area contributed by atoms with Crippen molar-refractivity contribution >= 4 is 5.69 Å². The van der Waals surface area contributed by atoms with Crippen molar-refractivity contribution in [2.75, 3.05) is 5.73 Å². The summed E-state index contributed by atoms with van der Waals surface area (Å²) in [6, 6.07) is 17.9. The third-order valence-electron chi connectivity index (χ3n) is 3.53. The molecule has 0 aliphatic carbocycles. The SMILES string of the molecule is Cc1ccncc1-c1cc(N)cc(OCc2ccccc2)c1. The van der Waals surface area contributed by atoms with Crippen LogP contribution < -0.4 is 10.5 Å². The van der Waals surface area contributed by atoms with Crippen LogP contribution in [0, 0.1) is 6.92 Å². The van der Waals surface area contributed by atoms with Crippen LogP contribution in [-0.4, -0.2) is 4.98 Å². The molecular weight excluding hydrogens is 272 g/mol. The van der Waals surface area contributed by atoms with Gasteiger partial charge in [0.1, 0.15) is 12.4 Å². The number of aromatic nitrogens is 1. The fraction of sp³-hybridized carbons (Fsp3) is 0.105. The fourth-order valence-electron chi connectivity index (χ4n) is 2.37. The van der Waals surface area contributed by atoms with Gasteiger partial charge in [-0.3, -0.25) is 4.98 Å². The summed E-state index contributed by atoms with van der Waals surface area (Å²) in [5, 5.41) is 0. The Morgan fingerprint density at radius 1 is 1.05 bits per heavy atom. The van der Waals surface area contributed by atoms with Gasteiger partial charge in [-0.1, -0.05) is 30.3 Å². The first kappa shape index (κ1) is 14.1. The zero-order valence-electron chi connectivity index (χ0n) is 12.5. The van der Waals surface area contributed by atoms with Gasteiger partial charge in [0.15, 0.2) is 0 Å². The predicted molar refractivity (Wildman–Crippen MR) is 89.6 cm³/mol. The maximum atomic E-state index is 6.02. The minimum absolute atomic E-state index is 0.524. The highest BCUT2D eigenvalue weighted by Gasteiger charge is 2.06. The third kappa shape index (κ3) is 3.26. The van der Waals surface area contributed by atoms with Crippen LogP contribution >= 0.6 is 0 Å². The molecule has 2 N–H and O–H groups in total. The molecule has 0 unspecified atom stereocenters. The maximum absolute atomic E-state index is 6.02. The zero-order chi connectivity index (χ0) is 15.4. The van der Waals surface area contributed by atoms with E-state index in [1.165, 1.54) is 0 Å². The Hall–Kier alpha value is -2.81. The van der Waals surface area contributed by atoms with Crippen LogP contribution in [0.2, 0.25) is 0 Å². The lowest BCUT2D eigenvalue weighted by Crippen LogP contribution is -1.97. The molecule has 0 amide bonds. The number of hydrogen-bond acceptors (Lipinski definition) is 3. The quantitative estimate of drug-likeness (QED) is 0.732. The van der Waals surface area contributed by atoms with Crippen LogP contribution in [0.15, 0.2) is 67.0 Å². The van der Waals surface area contributed by atoms with E-state index in [1.54, 1.807) is 6.20 Å². The summed E-state index contributed by atoms with van der Waals surface area (Å²) >= 11 is 0. The minimum Gasteiger partial charge on any atom is -0.489 e. The zero-order valence-corrected chi connectivity index (χ0v) is 12.5. The number of nitrogens with two attached hydrogens (primary N) is 1. The molecule has 0 saturated carbocycles. The van der Waals surface area contributed by atoms with Crippen LogP contribution in [0.5, 0.6) is 5.75 Å². The first-order valence-corrected chi connectivity index (χ1v) is 7.20. The van der Waals surface area contributed by atoms with Crippen LogP contribution in [-0.2, 0) is 6.61 Å². The van der Waals surface area contributed by atoms with Crippen LogP contribution in [0.25, 0.3) is 11.1 Å². The second-order valence-electron chi connectivity index (χ2n) is 5.26. The summed E-state index contributed by atoms with van der Waals surface area (Å²) < 4.78 is 5.87. The Morgan fingerprint density at radius 2 is 1.86 bits per heavy atom. The van der Waals surface area contributed by atoms with E-state index in [0.29, 0.717) is 12.3 Å². The highest BCUT2D eigenvalue weighted by molar-refractivity contribution is 5.71. The van der Waals surface area contributed by atoms with E-state index in [0.717, 1.165) is 28.0 Å². The van der Waals surface area contributed by atoms with Crippen molar-refractivity contribution in [2.24, 2.45) is 0 Å². The normalized spacial score (nSPS) is 10.4. The van der Waals surface area contributed by atoms with E-state index in [9.17, 15) is 0 Å². The fourth-order valence-corrected chi connectivity index (χ4v) is 2.37. The van der Waals surface area contributed by atoms with Crippen molar-refractivity contribution < 1.29 is 4.74 Å². The Balaban J connectivity index is 1.86. The molecule has 0 aliphatic rings. The van der Waals surface area contributed by atoms with Gasteiger partial charge in [0.05, 0.1) is 0 Å². The Bertz CT molecular complexity index is 769. The predicted octanol–water partition coefficient (Wildman–Crippen LogP) is 4.22. The molecule has 0 radical (unpaired) electrons. The molecule has 3 aromatic rings. The largest absolute Gasteiger partial charge is 0.489 e. The van der Waals surface area contributed by atoms with Gasteiger partial charge in [0, 0.05) is 29.7 Å². The van der Waals surface area contributed by atoms with Gasteiger partial charge in [-0.2, -0.15) is 0 Å². The standard InChI is InChI=1S/C19H18N2O/c1-14-7-8-21-12-19(14)16-9-17(20)11-18(10-16)22-13-15-5-3-2-4-6-15/h2-12H,13,20H2,1H3. The number of hydrogen-bond donors (Lipinski definition) is 1. The van der Waals surface area contributed by atoms with E-state index in [1.807, 2.05) is 60.8 Å². The van der Waals surface area contributed by atoms with Gasteiger partial charge in [0.25, 0.3) is 0 Å². The minimum atomic E-state index is 0.524. The number of nitrogens with zero attached hydrogens (tertiary/aromatic N) is 1. The second kappa shape index (κ2) is 6.31. The molecule has 0 atom stereocenters. The van der Waals surface area contributed by atoms with Crippen LogP contribution in [0.4, 0.5) is 5.69 Å². The average molecular weight is 290 g/mol. The van der Waals surface area contributed by atoms with Gasteiger partial charge in [-0.15, -0.1) is 0 Å². The topological polar surface area (TPSA) is 48.1 Å². The lowest BCUT2D eigenvalue weighted by Gasteiger charge is -2.11. The van der Waals surface area contributed by atoms with Gasteiger partial charge in [-0.05, 0) is 41.8 Å². The first-order valence-electron chi connectivity index (χ1n) is 7.20. The monoisotopic (exact) mass is 290 g/mol. The Morgan fingerprint density at radius 3 is 2.64 bits per heavy atom. The van der Waals surface area contributed by atoms with Crippen molar-refractivity contribution in [3.05, 3.63) is 78.1 Å². The van der Waals surface area contributed by atoms with Gasteiger partial charge < -0.3 is 10.5 Å². The van der Waals surface area contributed by atoms with E-state index < -0.39 is 0 Å². The first-order chi connectivity index (χ1) is 10.7. The molecular formula is C19H18N2O. The average Bonchev–Trinajstić information content (AvgIpc) is 2.54. The lowest BCUT2D eigenvalue weighted by molar-refractivity contribution is 0.306. The van der Waals surface area contributed by atoms with Crippen LogP contribution in [0.1, 0.15) is 11.1 Å². The molecule has 0 fully saturated rings. The molecule has 0 aliphatic heterocycles. The molecule has 3 nitrogen and oxygen atoms in total. The van der Waals surface area contributed by atoms with E-state index in [-0.39, 0.29) is 0 Å². The molecule has 0 spiro atoms. The molecule has 0 bridgehead atoms. The van der Waals surface area contributed by atoms with Gasteiger partial charge in [0.2, 0.25) is 0 Å². The molecule has 1 heterocycles. The summed E-state index contributed by atoms with van der Waals surface area (Å²) in [6.45, 7) is 2.58. The lowest BCUT2D eigenvalue weighted by atomic mass is 10.0. The smallest absolute Gasteiger partial charge is 0.122 e. The molecule has 2 aromatic carbocycles. The van der Waals surface area contributed by atoms with E-state index >= 15 is 0 Å². The number of nitrogen functional groups attached to an aromatic ring is 1. The Labute approximate surface area is 130 Å². The summed E-state index contributed by atoms with van der Waals surface area (Å²) in [5.74, 6) is 0.766. The van der Waals surface area contributed by atoms with Crippen molar-refractivity contribution in [3.63, 3.8) is 0 Å². The van der Waals surface area contributed by atoms with Crippen molar-refractivity contribution in [1.29, 1.82) is 0 Å².